The van der Waals surface area contributed by atoms with Gasteiger partial charge >= 0.3 is 0 Å². The first-order chi connectivity index (χ1) is 14.4. The third kappa shape index (κ3) is 4.38. The van der Waals surface area contributed by atoms with E-state index in [-0.39, 0.29) is 28.2 Å². The summed E-state index contributed by atoms with van der Waals surface area (Å²) in [7, 11) is 0. The molecule has 2 aromatic rings. The van der Waals surface area contributed by atoms with Crippen molar-refractivity contribution in [3.05, 3.63) is 62.7 Å². The number of rotatable bonds is 6. The van der Waals surface area contributed by atoms with Crippen LogP contribution in [0, 0.1) is 10.1 Å². The SMILES string of the molecule is O=C(Nc1ccc(N2CCCC2)c(C(=O)NC2CC2)c1)c1ccc(Cl)c([N+](=O)[O-])c1. The summed E-state index contributed by atoms with van der Waals surface area (Å²) in [5.41, 5.74) is 1.59. The van der Waals surface area contributed by atoms with Crippen LogP contribution in [0.5, 0.6) is 0 Å². The van der Waals surface area contributed by atoms with Crippen LogP contribution < -0.4 is 15.5 Å². The largest absolute Gasteiger partial charge is 0.371 e. The number of halogens is 1. The number of carbonyl (C=O) groups excluding carboxylic acids is 2. The van der Waals surface area contributed by atoms with E-state index in [4.69, 9.17) is 11.6 Å². The standard InChI is InChI=1S/C21H21ClN4O4/c22-17-7-3-13(11-19(17)26(29)30)20(27)24-15-6-8-18(25-9-1-2-10-25)16(12-15)21(28)23-14-4-5-14/h3,6-8,11-12,14H,1-2,4-5,9-10H2,(H,23,28)(H,24,27). The number of hydrogen-bond acceptors (Lipinski definition) is 5. The summed E-state index contributed by atoms with van der Waals surface area (Å²) < 4.78 is 0. The van der Waals surface area contributed by atoms with Gasteiger partial charge in [-0.05, 0) is 56.0 Å². The molecule has 4 rings (SSSR count). The quantitative estimate of drug-likeness (QED) is 0.534. The topological polar surface area (TPSA) is 105 Å². The number of amides is 2. The summed E-state index contributed by atoms with van der Waals surface area (Å²) in [6.45, 7) is 1.79. The fraction of sp³-hybridized carbons (Fsp3) is 0.333. The highest BCUT2D eigenvalue weighted by Gasteiger charge is 2.27. The van der Waals surface area contributed by atoms with Gasteiger partial charge in [-0.1, -0.05) is 11.6 Å². The van der Waals surface area contributed by atoms with Gasteiger partial charge in [-0.15, -0.1) is 0 Å². The molecule has 2 aromatic carbocycles. The summed E-state index contributed by atoms with van der Waals surface area (Å²) in [4.78, 5) is 38.0. The molecule has 0 radical (unpaired) electrons. The second kappa shape index (κ2) is 8.31. The van der Waals surface area contributed by atoms with Gasteiger partial charge in [0, 0.05) is 42.1 Å². The number of nitro benzene ring substituents is 1. The van der Waals surface area contributed by atoms with Crippen LogP contribution in [-0.2, 0) is 0 Å². The average molecular weight is 429 g/mol. The molecule has 156 valence electrons. The normalized spacial score (nSPS) is 15.7. The smallest absolute Gasteiger partial charge is 0.288 e. The number of benzene rings is 2. The van der Waals surface area contributed by atoms with Crippen molar-refractivity contribution in [3.8, 4) is 0 Å². The molecule has 0 spiro atoms. The fourth-order valence-electron chi connectivity index (χ4n) is 3.52. The molecule has 0 bridgehead atoms. The van der Waals surface area contributed by atoms with Crippen molar-refractivity contribution in [2.24, 2.45) is 0 Å². The summed E-state index contributed by atoms with van der Waals surface area (Å²) >= 11 is 5.82. The van der Waals surface area contributed by atoms with E-state index in [0.717, 1.165) is 50.5 Å². The second-order valence-corrected chi connectivity index (χ2v) is 7.96. The predicted octanol–water partition coefficient (Wildman–Crippen LogP) is 3.99. The zero-order chi connectivity index (χ0) is 21.3. The van der Waals surface area contributed by atoms with Crippen LogP contribution in [0.1, 0.15) is 46.4 Å². The van der Waals surface area contributed by atoms with E-state index in [1.807, 2.05) is 6.07 Å². The van der Waals surface area contributed by atoms with E-state index in [1.165, 1.54) is 12.1 Å². The molecule has 30 heavy (non-hydrogen) atoms. The van der Waals surface area contributed by atoms with Gasteiger partial charge in [0.2, 0.25) is 0 Å². The molecule has 1 saturated heterocycles. The first kappa shape index (κ1) is 20.2. The van der Waals surface area contributed by atoms with Crippen LogP contribution in [0.2, 0.25) is 5.02 Å². The Balaban J connectivity index is 1.59. The average Bonchev–Trinajstić information content (AvgIpc) is 3.36. The molecular weight excluding hydrogens is 408 g/mol. The zero-order valence-electron chi connectivity index (χ0n) is 16.2. The second-order valence-electron chi connectivity index (χ2n) is 7.55. The number of carbonyl (C=O) groups is 2. The number of nitro groups is 1. The zero-order valence-corrected chi connectivity index (χ0v) is 16.9. The van der Waals surface area contributed by atoms with Gasteiger partial charge in [0.05, 0.1) is 10.5 Å². The number of anilines is 2. The molecule has 2 aliphatic rings. The molecular formula is C21H21ClN4O4. The van der Waals surface area contributed by atoms with Crippen LogP contribution in [0.4, 0.5) is 17.1 Å². The Kier molecular flexibility index (Phi) is 5.59. The Morgan fingerprint density at radius 1 is 1.07 bits per heavy atom. The lowest BCUT2D eigenvalue weighted by Gasteiger charge is -2.22. The van der Waals surface area contributed by atoms with Crippen molar-refractivity contribution in [3.63, 3.8) is 0 Å². The molecule has 0 atom stereocenters. The maximum Gasteiger partial charge on any atom is 0.288 e. The van der Waals surface area contributed by atoms with Gasteiger partial charge in [0.1, 0.15) is 5.02 Å². The highest BCUT2D eigenvalue weighted by Crippen LogP contribution is 2.30. The summed E-state index contributed by atoms with van der Waals surface area (Å²) in [5.74, 6) is -0.671. The maximum absolute atomic E-state index is 12.8. The van der Waals surface area contributed by atoms with Crippen LogP contribution in [0.3, 0.4) is 0 Å². The molecule has 2 amide bonds. The Morgan fingerprint density at radius 3 is 2.47 bits per heavy atom. The lowest BCUT2D eigenvalue weighted by atomic mass is 10.1. The van der Waals surface area contributed by atoms with Gasteiger partial charge in [0.25, 0.3) is 17.5 Å². The summed E-state index contributed by atoms with van der Waals surface area (Å²) in [6.07, 6.45) is 4.13. The van der Waals surface area contributed by atoms with E-state index in [1.54, 1.807) is 12.1 Å². The Labute approximate surface area is 178 Å². The van der Waals surface area contributed by atoms with Crippen molar-refractivity contribution in [2.75, 3.05) is 23.3 Å². The Hall–Kier alpha value is -3.13. The number of hydrogen-bond donors (Lipinski definition) is 2. The van der Waals surface area contributed by atoms with E-state index in [9.17, 15) is 19.7 Å². The molecule has 0 unspecified atom stereocenters. The van der Waals surface area contributed by atoms with Crippen LogP contribution in [0.15, 0.2) is 36.4 Å². The minimum atomic E-state index is -0.635. The minimum absolute atomic E-state index is 0.0365. The third-order valence-corrected chi connectivity index (χ3v) is 5.58. The van der Waals surface area contributed by atoms with Crippen LogP contribution >= 0.6 is 11.6 Å². The third-order valence-electron chi connectivity index (χ3n) is 5.26. The maximum atomic E-state index is 12.8. The van der Waals surface area contributed by atoms with Crippen molar-refractivity contribution in [1.82, 2.24) is 5.32 Å². The fourth-order valence-corrected chi connectivity index (χ4v) is 3.70. The number of nitrogens with one attached hydrogen (secondary N) is 2. The molecule has 2 N–H and O–H groups in total. The molecule has 2 fully saturated rings. The predicted molar refractivity (Wildman–Crippen MR) is 114 cm³/mol. The van der Waals surface area contributed by atoms with E-state index >= 15 is 0 Å². The van der Waals surface area contributed by atoms with Crippen molar-refractivity contribution in [2.45, 2.75) is 31.7 Å². The van der Waals surface area contributed by atoms with Crippen LogP contribution in [0.25, 0.3) is 0 Å². The van der Waals surface area contributed by atoms with Crippen LogP contribution in [-0.4, -0.2) is 35.9 Å². The first-order valence-corrected chi connectivity index (χ1v) is 10.3. The van der Waals surface area contributed by atoms with E-state index in [2.05, 4.69) is 15.5 Å². The molecule has 8 nitrogen and oxygen atoms in total. The highest BCUT2D eigenvalue weighted by atomic mass is 35.5. The monoisotopic (exact) mass is 428 g/mol. The minimum Gasteiger partial charge on any atom is -0.371 e. The molecule has 1 aliphatic carbocycles. The van der Waals surface area contributed by atoms with E-state index in [0.29, 0.717) is 11.3 Å². The van der Waals surface area contributed by atoms with Gasteiger partial charge in [-0.3, -0.25) is 19.7 Å². The molecule has 1 saturated carbocycles. The molecule has 9 heteroatoms. The van der Waals surface area contributed by atoms with Crippen molar-refractivity contribution >= 4 is 40.5 Å². The van der Waals surface area contributed by atoms with Gasteiger partial charge in [-0.25, -0.2) is 0 Å². The molecule has 1 heterocycles. The Morgan fingerprint density at radius 2 is 1.80 bits per heavy atom. The van der Waals surface area contributed by atoms with Crippen molar-refractivity contribution < 1.29 is 14.5 Å². The lowest BCUT2D eigenvalue weighted by molar-refractivity contribution is -0.384. The van der Waals surface area contributed by atoms with Gasteiger partial charge < -0.3 is 15.5 Å². The summed E-state index contributed by atoms with van der Waals surface area (Å²) in [5, 5.41) is 16.8. The Bertz CT molecular complexity index is 1020. The number of nitrogens with zero attached hydrogens (tertiary/aromatic N) is 2. The first-order valence-electron chi connectivity index (χ1n) is 9.87. The van der Waals surface area contributed by atoms with Gasteiger partial charge in [0.15, 0.2) is 0 Å². The van der Waals surface area contributed by atoms with E-state index < -0.39 is 10.8 Å². The van der Waals surface area contributed by atoms with Crippen molar-refractivity contribution in [1.29, 1.82) is 0 Å². The summed E-state index contributed by atoms with van der Waals surface area (Å²) in [6, 6.07) is 9.34. The molecule has 1 aliphatic heterocycles. The van der Waals surface area contributed by atoms with Gasteiger partial charge in [-0.2, -0.15) is 0 Å². The lowest BCUT2D eigenvalue weighted by Crippen LogP contribution is -2.29. The molecule has 0 aromatic heterocycles. The highest BCUT2D eigenvalue weighted by molar-refractivity contribution is 6.32.